The zero-order valence-electron chi connectivity index (χ0n) is 17.3. The second-order valence-corrected chi connectivity index (χ2v) is 7.81. The number of carbonyl (C=O) groups is 1. The number of ether oxygens (including phenoxy) is 2. The summed E-state index contributed by atoms with van der Waals surface area (Å²) in [7, 11) is 0. The first kappa shape index (κ1) is 23.8. The summed E-state index contributed by atoms with van der Waals surface area (Å²) >= 11 is 0. The van der Waals surface area contributed by atoms with Gasteiger partial charge in [-0.1, -0.05) is 12.1 Å². The zero-order chi connectivity index (χ0) is 23.6. The lowest BCUT2D eigenvalue weighted by Crippen LogP contribution is -2.66. The number of ketones is 1. The SMILES string of the molecule is C[C@@]1(Oc2cc(O)cc(O)c2C(=O)CCc2ccc(O)cc2)O[C@H](CO)[C@@H](O)[C@H](O)[C@H]1O. The predicted octanol–water partition coefficient (Wildman–Crippen LogP) is 0.188. The van der Waals surface area contributed by atoms with E-state index in [-0.39, 0.29) is 29.9 Å². The summed E-state index contributed by atoms with van der Waals surface area (Å²) in [6, 6.07) is 8.24. The molecule has 0 bridgehead atoms. The molecular weight excluding hydrogens is 424 g/mol. The molecule has 1 aliphatic rings. The van der Waals surface area contributed by atoms with Crippen molar-refractivity contribution in [2.45, 2.75) is 50.0 Å². The fourth-order valence-corrected chi connectivity index (χ4v) is 3.60. The predicted molar refractivity (Wildman–Crippen MR) is 110 cm³/mol. The smallest absolute Gasteiger partial charge is 0.237 e. The monoisotopic (exact) mass is 450 g/mol. The lowest BCUT2D eigenvalue weighted by atomic mass is 9.93. The molecule has 10 heteroatoms. The van der Waals surface area contributed by atoms with Crippen LogP contribution >= 0.6 is 0 Å². The van der Waals surface area contributed by atoms with Crippen molar-refractivity contribution in [2.24, 2.45) is 0 Å². The topological polar surface area (TPSA) is 177 Å². The van der Waals surface area contributed by atoms with Crippen LogP contribution < -0.4 is 4.74 Å². The molecule has 7 N–H and O–H groups in total. The maximum atomic E-state index is 12.9. The highest BCUT2D eigenvalue weighted by Gasteiger charge is 2.53. The molecule has 174 valence electrons. The van der Waals surface area contributed by atoms with E-state index in [0.717, 1.165) is 17.7 Å². The maximum absolute atomic E-state index is 12.9. The van der Waals surface area contributed by atoms with Crippen molar-refractivity contribution in [1.82, 2.24) is 0 Å². The summed E-state index contributed by atoms with van der Waals surface area (Å²) in [5, 5.41) is 69.5. The summed E-state index contributed by atoms with van der Waals surface area (Å²) < 4.78 is 11.1. The number of aryl methyl sites for hydroxylation is 1. The van der Waals surface area contributed by atoms with Gasteiger partial charge in [-0.05, 0) is 24.1 Å². The third kappa shape index (κ3) is 4.79. The average Bonchev–Trinajstić information content (AvgIpc) is 2.74. The number of aliphatic hydroxyl groups is 4. The maximum Gasteiger partial charge on any atom is 0.237 e. The molecule has 3 rings (SSSR count). The van der Waals surface area contributed by atoms with Crippen molar-refractivity contribution >= 4 is 5.78 Å². The summed E-state index contributed by atoms with van der Waals surface area (Å²) in [4.78, 5) is 12.9. The Kier molecular flexibility index (Phi) is 6.91. The Morgan fingerprint density at radius 3 is 2.31 bits per heavy atom. The van der Waals surface area contributed by atoms with Gasteiger partial charge >= 0.3 is 0 Å². The molecule has 0 saturated carbocycles. The standard InChI is InChI=1S/C22H26O10/c1-22(21(30)20(29)19(28)17(10-23)32-22)31-16-9-13(25)8-15(27)18(16)14(26)7-4-11-2-5-12(24)6-3-11/h2-3,5-6,8-9,17,19-21,23-25,27-30H,4,7,10H2,1H3/t17-,19-,20+,21-,22-/m1/s1. The molecule has 2 aromatic carbocycles. The second kappa shape index (κ2) is 9.31. The first-order chi connectivity index (χ1) is 15.1. The van der Waals surface area contributed by atoms with Gasteiger partial charge in [0.15, 0.2) is 5.78 Å². The zero-order valence-corrected chi connectivity index (χ0v) is 17.3. The van der Waals surface area contributed by atoms with Crippen molar-refractivity contribution in [3.8, 4) is 23.0 Å². The number of benzene rings is 2. The Labute approximate surface area is 183 Å². The van der Waals surface area contributed by atoms with Crippen molar-refractivity contribution in [1.29, 1.82) is 0 Å². The molecular formula is C22H26O10. The van der Waals surface area contributed by atoms with Crippen LogP contribution in [0.2, 0.25) is 0 Å². The molecule has 2 aromatic rings. The van der Waals surface area contributed by atoms with Gasteiger partial charge in [-0.2, -0.15) is 0 Å². The molecule has 0 unspecified atom stereocenters. The van der Waals surface area contributed by atoms with E-state index < -0.39 is 54.1 Å². The van der Waals surface area contributed by atoms with Crippen LogP contribution in [0.1, 0.15) is 29.3 Å². The van der Waals surface area contributed by atoms with Gasteiger partial charge in [-0.25, -0.2) is 0 Å². The van der Waals surface area contributed by atoms with Crippen LogP contribution in [0.3, 0.4) is 0 Å². The van der Waals surface area contributed by atoms with E-state index in [9.17, 15) is 40.5 Å². The minimum absolute atomic E-state index is 0.0554. The Bertz CT molecular complexity index is 958. The van der Waals surface area contributed by atoms with Gasteiger partial charge in [0, 0.05) is 25.5 Å². The number of aromatic hydroxyl groups is 3. The lowest BCUT2D eigenvalue weighted by Gasteiger charge is -2.46. The highest BCUT2D eigenvalue weighted by Crippen LogP contribution is 2.39. The average molecular weight is 450 g/mol. The Morgan fingerprint density at radius 2 is 1.69 bits per heavy atom. The lowest BCUT2D eigenvalue weighted by molar-refractivity contribution is -0.329. The van der Waals surface area contributed by atoms with Gasteiger partial charge < -0.3 is 45.2 Å². The van der Waals surface area contributed by atoms with E-state index in [0.29, 0.717) is 0 Å². The normalized spacial score (nSPS) is 27.8. The molecule has 0 aliphatic carbocycles. The summed E-state index contributed by atoms with van der Waals surface area (Å²) in [6.45, 7) is 0.537. The van der Waals surface area contributed by atoms with Gasteiger partial charge in [0.05, 0.1) is 6.61 Å². The molecule has 1 saturated heterocycles. The number of carbonyl (C=O) groups excluding carboxylic acids is 1. The molecule has 32 heavy (non-hydrogen) atoms. The molecule has 0 radical (unpaired) electrons. The van der Waals surface area contributed by atoms with Crippen LogP contribution in [0.5, 0.6) is 23.0 Å². The van der Waals surface area contributed by atoms with Crippen LogP contribution in [0.25, 0.3) is 0 Å². The number of phenols is 3. The number of Topliss-reactive ketones (excluding diaryl/α,β-unsaturated/α-hetero) is 1. The molecule has 1 heterocycles. The third-order valence-electron chi connectivity index (χ3n) is 5.39. The fraction of sp³-hybridized carbons (Fsp3) is 0.409. The van der Waals surface area contributed by atoms with Crippen LogP contribution in [0, 0.1) is 0 Å². The van der Waals surface area contributed by atoms with Crippen molar-refractivity contribution in [3.63, 3.8) is 0 Å². The van der Waals surface area contributed by atoms with Crippen molar-refractivity contribution in [2.75, 3.05) is 6.61 Å². The highest BCUT2D eigenvalue weighted by molar-refractivity contribution is 6.01. The van der Waals surface area contributed by atoms with Gasteiger partial charge in [0.1, 0.15) is 53.0 Å². The Hall–Kier alpha value is -2.89. The highest BCUT2D eigenvalue weighted by atomic mass is 16.7. The van der Waals surface area contributed by atoms with E-state index in [1.54, 1.807) is 12.1 Å². The van der Waals surface area contributed by atoms with Gasteiger partial charge in [-0.3, -0.25) is 4.79 Å². The number of hydrogen-bond donors (Lipinski definition) is 7. The second-order valence-electron chi connectivity index (χ2n) is 7.81. The van der Waals surface area contributed by atoms with Crippen LogP contribution in [0.15, 0.2) is 36.4 Å². The largest absolute Gasteiger partial charge is 0.508 e. The number of aliphatic hydroxyl groups excluding tert-OH is 4. The summed E-state index contributed by atoms with van der Waals surface area (Å²) in [5.74, 6) is -3.80. The number of hydrogen-bond acceptors (Lipinski definition) is 10. The van der Waals surface area contributed by atoms with Gasteiger partial charge in [-0.15, -0.1) is 0 Å². The van der Waals surface area contributed by atoms with Crippen LogP contribution in [0.4, 0.5) is 0 Å². The Balaban J connectivity index is 1.88. The van der Waals surface area contributed by atoms with E-state index in [1.165, 1.54) is 19.1 Å². The number of phenolic OH excluding ortho intramolecular Hbond substituents is 3. The minimum atomic E-state index is -2.03. The molecule has 5 atom stereocenters. The molecule has 0 aromatic heterocycles. The molecule has 1 aliphatic heterocycles. The van der Waals surface area contributed by atoms with E-state index >= 15 is 0 Å². The van der Waals surface area contributed by atoms with Gasteiger partial charge in [0.2, 0.25) is 5.79 Å². The van der Waals surface area contributed by atoms with Gasteiger partial charge in [0.25, 0.3) is 0 Å². The van der Waals surface area contributed by atoms with Crippen molar-refractivity contribution in [3.05, 3.63) is 47.5 Å². The van der Waals surface area contributed by atoms with Crippen molar-refractivity contribution < 1.29 is 50.0 Å². The van der Waals surface area contributed by atoms with E-state index in [4.69, 9.17) is 9.47 Å². The van der Waals surface area contributed by atoms with Crippen LogP contribution in [-0.2, 0) is 11.2 Å². The quantitative estimate of drug-likeness (QED) is 0.288. The first-order valence-electron chi connectivity index (χ1n) is 9.94. The van der Waals surface area contributed by atoms with E-state index in [1.807, 2.05) is 0 Å². The molecule has 0 amide bonds. The van der Waals surface area contributed by atoms with E-state index in [2.05, 4.69) is 0 Å². The summed E-state index contributed by atoms with van der Waals surface area (Å²) in [6.07, 6.45) is -6.17. The fourth-order valence-electron chi connectivity index (χ4n) is 3.60. The molecule has 10 nitrogen and oxygen atoms in total. The first-order valence-corrected chi connectivity index (χ1v) is 9.94. The number of rotatable bonds is 7. The Morgan fingerprint density at radius 1 is 1.03 bits per heavy atom. The molecule has 0 spiro atoms. The third-order valence-corrected chi connectivity index (χ3v) is 5.39. The van der Waals surface area contributed by atoms with Crippen LogP contribution in [-0.4, -0.2) is 78.3 Å². The minimum Gasteiger partial charge on any atom is -0.508 e. The summed E-state index contributed by atoms with van der Waals surface area (Å²) in [5.41, 5.74) is 0.484. The molecule has 1 fully saturated rings.